The van der Waals surface area contributed by atoms with Gasteiger partial charge in [0.1, 0.15) is 0 Å². The van der Waals surface area contributed by atoms with Crippen LogP contribution >= 0.6 is 12.4 Å². The summed E-state index contributed by atoms with van der Waals surface area (Å²) < 4.78 is 10.9. The Labute approximate surface area is 220 Å². The van der Waals surface area contributed by atoms with Gasteiger partial charge in [0.2, 0.25) is 0 Å². The molecule has 1 aromatic carbocycles. The Bertz CT molecular complexity index is 853. The third kappa shape index (κ3) is 7.15. The summed E-state index contributed by atoms with van der Waals surface area (Å²) in [5, 5.41) is 0. The average molecular weight is 506 g/mol. The fourth-order valence-corrected chi connectivity index (χ4v) is 6.59. The van der Waals surface area contributed by atoms with Crippen LogP contribution < -0.4 is 9.80 Å². The van der Waals surface area contributed by atoms with Gasteiger partial charge < -0.3 is 19.3 Å². The van der Waals surface area contributed by atoms with Crippen molar-refractivity contribution in [3.8, 4) is 0 Å². The van der Waals surface area contributed by atoms with Crippen LogP contribution in [0.25, 0.3) is 5.57 Å². The molecule has 0 amide bonds. The third-order valence-corrected chi connectivity index (χ3v) is 7.96. The van der Waals surface area contributed by atoms with E-state index < -0.39 is 0 Å². The molecule has 2 fully saturated rings. The van der Waals surface area contributed by atoms with Gasteiger partial charge in [-0.2, -0.15) is 0 Å². The zero-order valence-electron chi connectivity index (χ0n) is 22.9. The smallest absolute Gasteiger partial charge is 0.0605 e. The molecule has 0 saturated carbocycles. The lowest BCUT2D eigenvalue weighted by Gasteiger charge is -2.42. The van der Waals surface area contributed by atoms with E-state index in [4.69, 9.17) is 9.47 Å². The Morgan fingerprint density at radius 1 is 0.914 bits per heavy atom. The first-order valence-electron chi connectivity index (χ1n) is 13.3. The predicted octanol–water partition coefficient (Wildman–Crippen LogP) is 5.72. The summed E-state index contributed by atoms with van der Waals surface area (Å²) in [7, 11) is 3.64. The molecule has 1 aromatic rings. The molecule has 0 atom stereocenters. The first-order chi connectivity index (χ1) is 16.2. The van der Waals surface area contributed by atoms with Crippen molar-refractivity contribution in [2.75, 3.05) is 76.4 Å². The van der Waals surface area contributed by atoms with E-state index in [1.54, 1.807) is 7.11 Å². The summed E-state index contributed by atoms with van der Waals surface area (Å²) in [6.45, 7) is 18.0. The van der Waals surface area contributed by atoms with Crippen LogP contribution in [-0.4, -0.2) is 77.6 Å². The zero-order valence-corrected chi connectivity index (χ0v) is 23.8. The molecule has 2 aliphatic heterocycles. The largest absolute Gasteiger partial charge is 0.383 e. The van der Waals surface area contributed by atoms with Crippen molar-refractivity contribution in [3.63, 3.8) is 0 Å². The summed E-state index contributed by atoms with van der Waals surface area (Å²) >= 11 is 0. The highest BCUT2D eigenvalue weighted by Gasteiger charge is 2.35. The van der Waals surface area contributed by atoms with E-state index in [1.807, 2.05) is 7.11 Å². The van der Waals surface area contributed by atoms with E-state index in [9.17, 15) is 0 Å². The van der Waals surface area contributed by atoms with Crippen LogP contribution in [-0.2, 0) is 9.47 Å². The molecule has 1 aliphatic carbocycles. The number of hydrogen-bond donors (Lipinski definition) is 0. The van der Waals surface area contributed by atoms with Gasteiger partial charge in [-0.1, -0.05) is 33.8 Å². The van der Waals surface area contributed by atoms with Gasteiger partial charge in [0.25, 0.3) is 0 Å². The molecule has 0 aromatic heterocycles. The van der Waals surface area contributed by atoms with Crippen LogP contribution in [0.5, 0.6) is 0 Å². The Hall–Kier alpha value is -1.27. The molecule has 0 bridgehead atoms. The molecule has 4 rings (SSSR count). The summed E-state index contributed by atoms with van der Waals surface area (Å²) in [5.74, 6) is 0. The predicted molar refractivity (Wildman–Crippen MR) is 151 cm³/mol. The van der Waals surface area contributed by atoms with Crippen LogP contribution in [0.15, 0.2) is 24.3 Å². The number of methoxy groups -OCH3 is 2. The van der Waals surface area contributed by atoms with E-state index in [0.29, 0.717) is 11.5 Å². The highest BCUT2D eigenvalue weighted by Crippen LogP contribution is 2.49. The van der Waals surface area contributed by atoms with Gasteiger partial charge >= 0.3 is 0 Å². The second-order valence-electron chi connectivity index (χ2n) is 12.1. The van der Waals surface area contributed by atoms with E-state index in [2.05, 4.69) is 66.7 Å². The van der Waals surface area contributed by atoms with Gasteiger partial charge in [-0.15, -0.1) is 12.4 Å². The molecular formula is C29H48ClN3O2. The van der Waals surface area contributed by atoms with Gasteiger partial charge in [0.15, 0.2) is 0 Å². The third-order valence-electron chi connectivity index (χ3n) is 7.96. The number of rotatable bonds is 7. The second kappa shape index (κ2) is 11.9. The molecule has 3 aliphatic rings. The van der Waals surface area contributed by atoms with Crippen molar-refractivity contribution < 1.29 is 9.47 Å². The SMILES string of the molecule is COCCN1CCN(c2ccc(N3CCC(OC)CC3)cc2C2=CC(C)(C)CC(C)(C)C2)CC1.Cl. The van der Waals surface area contributed by atoms with Crippen LogP contribution in [0.2, 0.25) is 0 Å². The summed E-state index contributed by atoms with van der Waals surface area (Å²) in [5.41, 5.74) is 6.32. The number of piperazine rings is 1. The monoisotopic (exact) mass is 505 g/mol. The van der Waals surface area contributed by atoms with Crippen molar-refractivity contribution in [2.45, 2.75) is 59.5 Å². The van der Waals surface area contributed by atoms with Crippen molar-refractivity contribution in [1.82, 2.24) is 4.90 Å². The number of ether oxygens (including phenoxy) is 2. The molecule has 198 valence electrons. The molecule has 0 radical (unpaired) electrons. The maximum atomic E-state index is 5.62. The lowest BCUT2D eigenvalue weighted by molar-refractivity contribution is 0.0819. The summed E-state index contributed by atoms with van der Waals surface area (Å²) in [4.78, 5) is 7.71. The van der Waals surface area contributed by atoms with Crippen LogP contribution in [0, 0.1) is 10.8 Å². The minimum Gasteiger partial charge on any atom is -0.383 e. The molecule has 0 N–H and O–H groups in total. The first kappa shape index (κ1) is 28.3. The standard InChI is InChI=1S/C29H47N3O2.ClH/c1-28(2)20-23(21-29(3,4)22-28)26-19-24(31-11-9-25(34-6)10-12-31)7-8-27(26)32-15-13-30(14-16-32)17-18-33-5;/h7-8,19-20,25H,9-18,21-22H2,1-6H3;1H. The van der Waals surface area contributed by atoms with Crippen molar-refractivity contribution >= 4 is 29.4 Å². The van der Waals surface area contributed by atoms with Gasteiger partial charge in [-0.3, -0.25) is 4.90 Å². The van der Waals surface area contributed by atoms with Crippen LogP contribution in [0.3, 0.4) is 0 Å². The van der Waals surface area contributed by atoms with E-state index >= 15 is 0 Å². The van der Waals surface area contributed by atoms with E-state index in [0.717, 1.165) is 71.7 Å². The minimum absolute atomic E-state index is 0. The minimum atomic E-state index is 0. The Morgan fingerprint density at radius 2 is 1.60 bits per heavy atom. The maximum Gasteiger partial charge on any atom is 0.0605 e. The second-order valence-corrected chi connectivity index (χ2v) is 12.1. The number of hydrogen-bond acceptors (Lipinski definition) is 5. The molecule has 2 saturated heterocycles. The van der Waals surface area contributed by atoms with Crippen LogP contribution in [0.1, 0.15) is 58.9 Å². The van der Waals surface area contributed by atoms with Gasteiger partial charge in [-0.05, 0) is 60.3 Å². The number of benzene rings is 1. The quantitative estimate of drug-likeness (QED) is 0.472. The normalized spacial score (nSPS) is 23.1. The Morgan fingerprint density at radius 3 is 2.20 bits per heavy atom. The summed E-state index contributed by atoms with van der Waals surface area (Å²) in [6, 6.07) is 7.28. The van der Waals surface area contributed by atoms with Gasteiger partial charge in [-0.25, -0.2) is 0 Å². The maximum absolute atomic E-state index is 5.62. The van der Waals surface area contributed by atoms with Gasteiger partial charge in [0.05, 0.1) is 12.7 Å². The molecule has 2 heterocycles. The first-order valence-corrected chi connectivity index (χ1v) is 13.3. The summed E-state index contributed by atoms with van der Waals surface area (Å²) in [6.07, 6.45) is 7.59. The lowest BCUT2D eigenvalue weighted by atomic mass is 9.65. The topological polar surface area (TPSA) is 28.2 Å². The molecule has 0 unspecified atom stereocenters. The van der Waals surface area contributed by atoms with Crippen LogP contribution in [0.4, 0.5) is 11.4 Å². The Balaban J connectivity index is 0.00000342. The fraction of sp³-hybridized carbons (Fsp3) is 0.724. The number of anilines is 2. The van der Waals surface area contributed by atoms with Gasteiger partial charge in [0, 0.05) is 77.0 Å². The number of piperidine rings is 1. The zero-order chi connectivity index (χ0) is 24.3. The molecule has 5 nitrogen and oxygen atoms in total. The van der Waals surface area contributed by atoms with Crippen molar-refractivity contribution in [2.24, 2.45) is 10.8 Å². The number of nitrogens with zero attached hydrogens (tertiary/aromatic N) is 3. The lowest BCUT2D eigenvalue weighted by Crippen LogP contribution is -2.47. The number of allylic oxidation sites excluding steroid dienone is 2. The van der Waals surface area contributed by atoms with Crippen molar-refractivity contribution in [1.29, 1.82) is 0 Å². The molecule has 6 heteroatoms. The number of halogens is 1. The highest BCUT2D eigenvalue weighted by molar-refractivity contribution is 5.85. The molecular weight excluding hydrogens is 458 g/mol. The average Bonchev–Trinajstić information content (AvgIpc) is 2.81. The van der Waals surface area contributed by atoms with Crippen molar-refractivity contribution in [3.05, 3.63) is 29.8 Å². The molecule has 0 spiro atoms. The Kier molecular flexibility index (Phi) is 9.58. The van der Waals surface area contributed by atoms with E-state index in [-0.39, 0.29) is 17.8 Å². The van der Waals surface area contributed by atoms with E-state index in [1.165, 1.54) is 28.9 Å². The molecule has 35 heavy (non-hydrogen) atoms. The fourth-order valence-electron chi connectivity index (χ4n) is 6.59. The highest BCUT2D eigenvalue weighted by atomic mass is 35.5.